The number of fused-ring (bicyclic) bond motifs is 2. The molecular formula is C30H33N7O2. The average Bonchev–Trinajstić information content (AvgIpc) is 3.42. The minimum Gasteiger partial charge on any atom is -0.369 e. The highest BCUT2D eigenvalue weighted by Gasteiger charge is 2.20. The highest BCUT2D eigenvalue weighted by molar-refractivity contribution is 5.97. The average molecular weight is 524 g/mol. The van der Waals surface area contributed by atoms with Crippen LogP contribution in [0.1, 0.15) is 34.8 Å². The molecule has 39 heavy (non-hydrogen) atoms. The molecule has 1 aliphatic heterocycles. The molecule has 0 radical (unpaired) electrons. The Hall–Kier alpha value is -4.24. The summed E-state index contributed by atoms with van der Waals surface area (Å²) < 4.78 is 1.84. The zero-order valence-electron chi connectivity index (χ0n) is 22.4. The quantitative estimate of drug-likeness (QED) is 0.399. The molecular weight excluding hydrogens is 490 g/mol. The summed E-state index contributed by atoms with van der Waals surface area (Å²) in [7, 11) is 2.15. The second kappa shape index (κ2) is 10.5. The molecule has 0 spiro atoms. The molecule has 0 atom stereocenters. The highest BCUT2D eigenvalue weighted by Crippen LogP contribution is 2.27. The van der Waals surface area contributed by atoms with Crippen LogP contribution >= 0.6 is 0 Å². The van der Waals surface area contributed by atoms with Crippen molar-refractivity contribution < 1.29 is 4.79 Å². The van der Waals surface area contributed by atoms with Crippen LogP contribution in [0.5, 0.6) is 0 Å². The summed E-state index contributed by atoms with van der Waals surface area (Å²) in [4.78, 5) is 40.1. The maximum absolute atomic E-state index is 13.3. The van der Waals surface area contributed by atoms with E-state index in [4.69, 9.17) is 4.98 Å². The van der Waals surface area contributed by atoms with E-state index in [2.05, 4.69) is 56.7 Å². The molecule has 1 saturated heterocycles. The summed E-state index contributed by atoms with van der Waals surface area (Å²) in [6, 6.07) is 14.5. The van der Waals surface area contributed by atoms with Gasteiger partial charge in [-0.3, -0.25) is 9.59 Å². The van der Waals surface area contributed by atoms with Crippen LogP contribution in [0.3, 0.4) is 0 Å². The summed E-state index contributed by atoms with van der Waals surface area (Å²) in [6.07, 6.45) is 6.36. The fraction of sp³-hybridized carbons (Fsp3) is 0.333. The van der Waals surface area contributed by atoms with Gasteiger partial charge in [0, 0.05) is 62.2 Å². The fourth-order valence-electron chi connectivity index (χ4n) is 5.47. The number of piperazine rings is 1. The molecule has 200 valence electrons. The van der Waals surface area contributed by atoms with Crippen molar-refractivity contribution in [1.29, 1.82) is 0 Å². The van der Waals surface area contributed by atoms with Crippen LogP contribution in [0.2, 0.25) is 0 Å². The molecule has 3 heterocycles. The Morgan fingerprint density at radius 3 is 2.64 bits per heavy atom. The van der Waals surface area contributed by atoms with E-state index in [9.17, 15) is 9.59 Å². The maximum Gasteiger partial charge on any atom is 0.256 e. The molecule has 9 nitrogen and oxygen atoms in total. The second-order valence-corrected chi connectivity index (χ2v) is 10.3. The second-order valence-electron chi connectivity index (χ2n) is 10.3. The minimum atomic E-state index is -0.401. The molecule has 2 aromatic heterocycles. The molecule has 1 amide bonds. The van der Waals surface area contributed by atoms with E-state index < -0.39 is 5.91 Å². The number of nitrogens with one attached hydrogen (secondary N) is 2. The van der Waals surface area contributed by atoms with Crippen molar-refractivity contribution in [3.05, 3.63) is 81.8 Å². The third kappa shape index (κ3) is 4.97. The number of rotatable bonds is 6. The Bertz CT molecular complexity index is 1610. The van der Waals surface area contributed by atoms with E-state index in [-0.39, 0.29) is 11.0 Å². The SMILES string of the molecule is CCNC(=O)c1cn(-c2ccc3c(c2)CCC3)c2nc(Nc3cccc(N4CCN(C)CC4)c3)ncc2c1=O. The number of aryl methyl sites for hydroxylation is 2. The number of likely N-dealkylation sites (N-methyl/N-ethyl adjacent to an activating group) is 1. The number of anilines is 3. The first-order valence-electron chi connectivity index (χ1n) is 13.6. The number of amides is 1. The normalized spacial score (nSPS) is 15.4. The van der Waals surface area contributed by atoms with Crippen molar-refractivity contribution in [2.24, 2.45) is 0 Å². The lowest BCUT2D eigenvalue weighted by atomic mass is 10.1. The van der Waals surface area contributed by atoms with Gasteiger partial charge in [-0.15, -0.1) is 0 Å². The molecule has 9 heteroatoms. The van der Waals surface area contributed by atoms with E-state index in [0.717, 1.165) is 62.5 Å². The first-order chi connectivity index (χ1) is 19.0. The molecule has 2 aromatic carbocycles. The van der Waals surface area contributed by atoms with Gasteiger partial charge in [-0.25, -0.2) is 4.98 Å². The number of pyridine rings is 1. The van der Waals surface area contributed by atoms with Crippen molar-refractivity contribution in [2.45, 2.75) is 26.2 Å². The van der Waals surface area contributed by atoms with Gasteiger partial charge in [-0.1, -0.05) is 12.1 Å². The number of hydrogen-bond donors (Lipinski definition) is 2. The number of hydrogen-bond acceptors (Lipinski definition) is 7. The van der Waals surface area contributed by atoms with Crippen LogP contribution in [0.4, 0.5) is 17.3 Å². The summed E-state index contributed by atoms with van der Waals surface area (Å²) in [5, 5.41) is 6.38. The zero-order chi connectivity index (χ0) is 26.9. The number of benzene rings is 2. The zero-order valence-corrected chi connectivity index (χ0v) is 22.4. The molecule has 2 N–H and O–H groups in total. The van der Waals surface area contributed by atoms with Gasteiger partial charge in [-0.05, 0) is 74.7 Å². The first kappa shape index (κ1) is 25.1. The monoisotopic (exact) mass is 523 g/mol. The lowest BCUT2D eigenvalue weighted by Gasteiger charge is -2.34. The Morgan fingerprint density at radius 2 is 1.82 bits per heavy atom. The van der Waals surface area contributed by atoms with Gasteiger partial charge < -0.3 is 25.0 Å². The smallest absolute Gasteiger partial charge is 0.256 e. The number of nitrogens with zero attached hydrogens (tertiary/aromatic N) is 5. The molecule has 0 saturated carbocycles. The van der Waals surface area contributed by atoms with Crippen molar-refractivity contribution in [2.75, 3.05) is 50.0 Å². The number of carbonyl (C=O) groups is 1. The molecule has 1 fully saturated rings. The van der Waals surface area contributed by atoms with Gasteiger partial charge in [0.2, 0.25) is 11.4 Å². The number of carbonyl (C=O) groups excluding carboxylic acids is 1. The maximum atomic E-state index is 13.3. The highest BCUT2D eigenvalue weighted by atomic mass is 16.2. The van der Waals surface area contributed by atoms with E-state index in [1.165, 1.54) is 17.3 Å². The van der Waals surface area contributed by atoms with E-state index in [1.54, 1.807) is 6.20 Å². The minimum absolute atomic E-state index is 0.0778. The summed E-state index contributed by atoms with van der Waals surface area (Å²) in [5.41, 5.74) is 5.70. The Kier molecular flexibility index (Phi) is 6.74. The van der Waals surface area contributed by atoms with Crippen LogP contribution in [0.25, 0.3) is 16.7 Å². The summed E-state index contributed by atoms with van der Waals surface area (Å²) in [6.45, 7) is 6.29. The third-order valence-corrected chi connectivity index (χ3v) is 7.66. The Labute approximate surface area is 227 Å². The van der Waals surface area contributed by atoms with Gasteiger partial charge in [-0.2, -0.15) is 4.98 Å². The van der Waals surface area contributed by atoms with Gasteiger partial charge in [0.05, 0.1) is 5.39 Å². The van der Waals surface area contributed by atoms with Crippen molar-refractivity contribution in [1.82, 2.24) is 24.8 Å². The largest absolute Gasteiger partial charge is 0.369 e. The molecule has 6 rings (SSSR count). The molecule has 1 aliphatic carbocycles. The van der Waals surface area contributed by atoms with Gasteiger partial charge >= 0.3 is 0 Å². The van der Waals surface area contributed by atoms with Crippen molar-refractivity contribution >= 4 is 34.3 Å². The van der Waals surface area contributed by atoms with Crippen molar-refractivity contribution in [3.8, 4) is 5.69 Å². The van der Waals surface area contributed by atoms with Gasteiger partial charge in [0.25, 0.3) is 5.91 Å². The molecule has 4 aromatic rings. The third-order valence-electron chi connectivity index (χ3n) is 7.66. The summed E-state index contributed by atoms with van der Waals surface area (Å²) >= 11 is 0. The topological polar surface area (TPSA) is 95.4 Å². The van der Waals surface area contributed by atoms with Gasteiger partial charge in [0.1, 0.15) is 5.56 Å². The van der Waals surface area contributed by atoms with E-state index in [0.29, 0.717) is 23.5 Å². The van der Waals surface area contributed by atoms with E-state index in [1.807, 2.05) is 29.7 Å². The lowest BCUT2D eigenvalue weighted by molar-refractivity contribution is 0.0954. The predicted molar refractivity (Wildman–Crippen MR) is 155 cm³/mol. The molecule has 0 bridgehead atoms. The van der Waals surface area contributed by atoms with Gasteiger partial charge in [0.15, 0.2) is 5.65 Å². The van der Waals surface area contributed by atoms with E-state index >= 15 is 0 Å². The predicted octanol–water partition coefficient (Wildman–Crippen LogP) is 3.51. The fourth-order valence-corrected chi connectivity index (χ4v) is 5.47. The number of aromatic nitrogens is 3. The summed E-state index contributed by atoms with van der Waals surface area (Å²) in [5.74, 6) is -0.0136. The molecule has 2 aliphatic rings. The lowest BCUT2D eigenvalue weighted by Crippen LogP contribution is -2.44. The molecule has 0 unspecified atom stereocenters. The Balaban J connectivity index is 1.40. The Morgan fingerprint density at radius 1 is 1.00 bits per heavy atom. The standard InChI is InChI=1S/C30H33N7O2/c1-3-31-29(39)26-19-37(24-11-10-20-6-4-7-21(20)16-24)28-25(27(26)38)18-32-30(34-28)33-22-8-5-9-23(17-22)36-14-12-35(2)13-15-36/h5,8-11,16-19H,3-4,6-7,12-15H2,1-2H3,(H,31,39)(H,32,33,34). The first-order valence-corrected chi connectivity index (χ1v) is 13.6. The van der Waals surface area contributed by atoms with Crippen LogP contribution in [0, 0.1) is 0 Å². The van der Waals surface area contributed by atoms with Crippen molar-refractivity contribution in [3.63, 3.8) is 0 Å². The van der Waals surface area contributed by atoms with Crippen LogP contribution in [-0.2, 0) is 12.8 Å². The van der Waals surface area contributed by atoms with Crippen LogP contribution in [-0.4, -0.2) is 65.1 Å². The van der Waals surface area contributed by atoms with Crippen LogP contribution < -0.4 is 21.0 Å². The van der Waals surface area contributed by atoms with Crippen LogP contribution in [0.15, 0.2) is 59.7 Å².